The number of hydrogen-bond donors (Lipinski definition) is 0. The van der Waals surface area contributed by atoms with Gasteiger partial charge in [-0.2, -0.15) is 4.80 Å². The first-order valence-corrected chi connectivity index (χ1v) is 4.75. The maximum atomic E-state index is 4.35. The van der Waals surface area contributed by atoms with Gasteiger partial charge < -0.3 is 0 Å². The summed E-state index contributed by atoms with van der Waals surface area (Å²) in [4.78, 5) is 1.50. The molecule has 0 aliphatic heterocycles. The van der Waals surface area contributed by atoms with E-state index < -0.39 is 0 Å². The van der Waals surface area contributed by atoms with E-state index in [1.54, 1.807) is 6.20 Å². The fraction of sp³-hybridized carbons (Fsp3) is 0. The van der Waals surface area contributed by atoms with Crippen molar-refractivity contribution in [1.82, 2.24) is 15.0 Å². The lowest BCUT2D eigenvalue weighted by Gasteiger charge is -1.95. The molecule has 0 saturated carbocycles. The first kappa shape index (κ1) is 8.17. The molecule has 0 fully saturated rings. The molecule has 3 aromatic rings. The van der Waals surface area contributed by atoms with Crippen LogP contribution in [0.2, 0.25) is 0 Å². The Balaban J connectivity index is 2.52. The minimum atomic E-state index is 0.897. The molecule has 72 valence electrons. The molecular formula is C12H9N3. The van der Waals surface area contributed by atoms with Crippen LogP contribution in [0.1, 0.15) is 0 Å². The number of aromatic nitrogens is 3. The highest BCUT2D eigenvalue weighted by atomic mass is 15.5. The van der Waals surface area contributed by atoms with Crippen LogP contribution in [0.5, 0.6) is 0 Å². The highest BCUT2D eigenvalue weighted by molar-refractivity contribution is 6.03. The molecule has 0 unspecified atom stereocenters. The van der Waals surface area contributed by atoms with Crippen molar-refractivity contribution < 1.29 is 0 Å². The van der Waals surface area contributed by atoms with Crippen LogP contribution < -0.4 is 0 Å². The standard InChI is InChI=1S/C12H9N3/c1-2-15-13-11-8-7-9-5-3-4-6-10(9)12(11)14-15/h2-8H,1H2. The van der Waals surface area contributed by atoms with Crippen LogP contribution in [0.25, 0.3) is 28.0 Å². The topological polar surface area (TPSA) is 30.7 Å². The summed E-state index contributed by atoms with van der Waals surface area (Å²) in [5, 5.41) is 10.9. The van der Waals surface area contributed by atoms with Gasteiger partial charge in [-0.1, -0.05) is 36.9 Å². The molecule has 3 nitrogen and oxygen atoms in total. The SMILES string of the molecule is C=Cn1nc2ccc3ccccc3c2n1. The number of rotatable bonds is 1. The van der Waals surface area contributed by atoms with Gasteiger partial charge in [-0.25, -0.2) is 0 Å². The Kier molecular flexibility index (Phi) is 1.59. The van der Waals surface area contributed by atoms with Crippen LogP contribution in [0, 0.1) is 0 Å². The lowest BCUT2D eigenvalue weighted by Crippen LogP contribution is -1.88. The smallest absolute Gasteiger partial charge is 0.121 e. The highest BCUT2D eigenvalue weighted by Gasteiger charge is 2.04. The molecule has 0 radical (unpaired) electrons. The molecule has 3 rings (SSSR count). The monoisotopic (exact) mass is 195 g/mol. The van der Waals surface area contributed by atoms with E-state index in [0.717, 1.165) is 16.4 Å². The molecule has 0 amide bonds. The molecule has 0 aliphatic rings. The third kappa shape index (κ3) is 1.13. The van der Waals surface area contributed by atoms with Gasteiger partial charge in [0.05, 0.1) is 0 Å². The lowest BCUT2D eigenvalue weighted by molar-refractivity contribution is 0.814. The zero-order valence-corrected chi connectivity index (χ0v) is 8.09. The fourth-order valence-electron chi connectivity index (χ4n) is 1.75. The Morgan fingerprint density at radius 2 is 1.93 bits per heavy atom. The zero-order chi connectivity index (χ0) is 10.3. The Hall–Kier alpha value is -2.16. The van der Waals surface area contributed by atoms with Crippen molar-refractivity contribution in [1.29, 1.82) is 0 Å². The third-order valence-corrected chi connectivity index (χ3v) is 2.46. The van der Waals surface area contributed by atoms with Gasteiger partial charge in [0, 0.05) is 11.6 Å². The predicted molar refractivity (Wildman–Crippen MR) is 61.4 cm³/mol. The predicted octanol–water partition coefficient (Wildman–Crippen LogP) is 2.69. The summed E-state index contributed by atoms with van der Waals surface area (Å²) < 4.78 is 0. The molecule has 0 atom stereocenters. The van der Waals surface area contributed by atoms with E-state index in [4.69, 9.17) is 0 Å². The van der Waals surface area contributed by atoms with Crippen molar-refractivity contribution in [3.63, 3.8) is 0 Å². The van der Waals surface area contributed by atoms with E-state index in [0.29, 0.717) is 0 Å². The second-order valence-electron chi connectivity index (χ2n) is 3.36. The summed E-state index contributed by atoms with van der Waals surface area (Å²) in [5.74, 6) is 0. The van der Waals surface area contributed by atoms with E-state index in [1.165, 1.54) is 10.2 Å². The number of nitrogens with zero attached hydrogens (tertiary/aromatic N) is 3. The normalized spacial score (nSPS) is 10.9. The van der Waals surface area contributed by atoms with E-state index in [9.17, 15) is 0 Å². The van der Waals surface area contributed by atoms with Crippen molar-refractivity contribution in [3.05, 3.63) is 43.0 Å². The van der Waals surface area contributed by atoms with Crippen LogP contribution in [0.15, 0.2) is 43.0 Å². The summed E-state index contributed by atoms with van der Waals surface area (Å²) in [6.45, 7) is 3.64. The molecule has 0 spiro atoms. The van der Waals surface area contributed by atoms with E-state index in [-0.39, 0.29) is 0 Å². The number of benzene rings is 2. The maximum absolute atomic E-state index is 4.35. The third-order valence-electron chi connectivity index (χ3n) is 2.46. The van der Waals surface area contributed by atoms with Gasteiger partial charge in [0.25, 0.3) is 0 Å². The van der Waals surface area contributed by atoms with E-state index >= 15 is 0 Å². The first-order valence-electron chi connectivity index (χ1n) is 4.75. The average molecular weight is 195 g/mol. The van der Waals surface area contributed by atoms with Gasteiger partial charge in [0.2, 0.25) is 0 Å². The van der Waals surface area contributed by atoms with Crippen LogP contribution in [0.3, 0.4) is 0 Å². The van der Waals surface area contributed by atoms with Gasteiger partial charge in [-0.05, 0) is 11.5 Å². The van der Waals surface area contributed by atoms with Crippen molar-refractivity contribution in [2.45, 2.75) is 0 Å². The summed E-state index contributed by atoms with van der Waals surface area (Å²) in [5.41, 5.74) is 1.82. The summed E-state index contributed by atoms with van der Waals surface area (Å²) >= 11 is 0. The molecule has 1 aromatic heterocycles. The lowest BCUT2D eigenvalue weighted by atomic mass is 10.1. The minimum absolute atomic E-state index is 0.897. The van der Waals surface area contributed by atoms with Crippen LogP contribution in [-0.2, 0) is 0 Å². The Bertz CT molecular complexity index is 652. The zero-order valence-electron chi connectivity index (χ0n) is 8.09. The maximum Gasteiger partial charge on any atom is 0.121 e. The Morgan fingerprint density at radius 1 is 1.07 bits per heavy atom. The average Bonchev–Trinajstić information content (AvgIpc) is 2.72. The second-order valence-corrected chi connectivity index (χ2v) is 3.36. The molecule has 0 saturated heterocycles. The van der Waals surface area contributed by atoms with Crippen molar-refractivity contribution >= 4 is 28.0 Å². The van der Waals surface area contributed by atoms with Gasteiger partial charge in [0.1, 0.15) is 11.0 Å². The molecule has 0 bridgehead atoms. The van der Waals surface area contributed by atoms with Crippen molar-refractivity contribution in [2.24, 2.45) is 0 Å². The fourth-order valence-corrected chi connectivity index (χ4v) is 1.75. The molecular weight excluding hydrogens is 186 g/mol. The molecule has 15 heavy (non-hydrogen) atoms. The summed E-state index contributed by atoms with van der Waals surface area (Å²) in [7, 11) is 0. The first-order chi connectivity index (χ1) is 7.38. The molecule has 3 heteroatoms. The van der Waals surface area contributed by atoms with Gasteiger partial charge in [-0.3, -0.25) is 0 Å². The molecule has 0 aliphatic carbocycles. The Labute approximate surface area is 86.6 Å². The van der Waals surface area contributed by atoms with Crippen molar-refractivity contribution in [3.8, 4) is 0 Å². The minimum Gasteiger partial charge on any atom is -0.158 e. The quantitative estimate of drug-likeness (QED) is 0.597. The largest absolute Gasteiger partial charge is 0.158 e. The van der Waals surface area contributed by atoms with Crippen LogP contribution in [0.4, 0.5) is 0 Å². The molecule has 1 heterocycles. The van der Waals surface area contributed by atoms with E-state index in [1.807, 2.05) is 18.2 Å². The van der Waals surface area contributed by atoms with E-state index in [2.05, 4.69) is 35.0 Å². The molecule has 0 N–H and O–H groups in total. The van der Waals surface area contributed by atoms with Crippen LogP contribution >= 0.6 is 0 Å². The highest BCUT2D eigenvalue weighted by Crippen LogP contribution is 2.21. The van der Waals surface area contributed by atoms with Gasteiger partial charge in [-0.15, -0.1) is 10.2 Å². The van der Waals surface area contributed by atoms with Gasteiger partial charge in [0.15, 0.2) is 0 Å². The Morgan fingerprint density at radius 3 is 2.80 bits per heavy atom. The van der Waals surface area contributed by atoms with Gasteiger partial charge >= 0.3 is 0 Å². The van der Waals surface area contributed by atoms with Crippen molar-refractivity contribution in [2.75, 3.05) is 0 Å². The summed E-state index contributed by atoms with van der Waals surface area (Å²) in [6.07, 6.45) is 1.59. The number of fused-ring (bicyclic) bond motifs is 3. The summed E-state index contributed by atoms with van der Waals surface area (Å²) in [6, 6.07) is 12.2. The molecule has 2 aromatic carbocycles. The number of hydrogen-bond acceptors (Lipinski definition) is 2. The van der Waals surface area contributed by atoms with Crippen LogP contribution in [-0.4, -0.2) is 15.0 Å². The second kappa shape index (κ2) is 2.92.